The summed E-state index contributed by atoms with van der Waals surface area (Å²) in [6, 6.07) is 0. The normalized spacial score (nSPS) is 11.7. The summed E-state index contributed by atoms with van der Waals surface area (Å²) in [7, 11) is 3.32. The second-order valence-corrected chi connectivity index (χ2v) is 3.53. The van der Waals surface area contributed by atoms with Crippen molar-refractivity contribution in [2.75, 3.05) is 0 Å². The molecule has 84 valence electrons. The van der Waals surface area contributed by atoms with E-state index in [1.54, 1.807) is 31.7 Å². The Balaban J connectivity index is 3.10. The second kappa shape index (κ2) is 3.48. The minimum atomic E-state index is -0.394. The Hall–Kier alpha value is -2.11. The zero-order valence-corrected chi connectivity index (χ0v) is 9.34. The molecular formula is C10H12N4O2. The molecule has 2 heterocycles. The van der Waals surface area contributed by atoms with Crippen LogP contribution in [0.2, 0.25) is 0 Å². The van der Waals surface area contributed by atoms with Gasteiger partial charge in [0.2, 0.25) is 0 Å². The van der Waals surface area contributed by atoms with Gasteiger partial charge in [0, 0.05) is 20.3 Å². The first-order valence-electron chi connectivity index (χ1n) is 4.83. The van der Waals surface area contributed by atoms with Crippen LogP contribution in [0.25, 0.3) is 17.4 Å². The highest BCUT2D eigenvalue weighted by molar-refractivity contribution is 5.70. The zero-order valence-electron chi connectivity index (χ0n) is 9.34. The number of aromatic nitrogens is 4. The van der Waals surface area contributed by atoms with Gasteiger partial charge in [-0.2, -0.15) is 0 Å². The maximum Gasteiger partial charge on any atom is 0.336 e. The van der Waals surface area contributed by atoms with E-state index in [2.05, 4.69) is 4.98 Å². The zero-order chi connectivity index (χ0) is 11.9. The van der Waals surface area contributed by atoms with E-state index in [0.29, 0.717) is 11.2 Å². The summed E-state index contributed by atoms with van der Waals surface area (Å²) < 4.78 is 4.04. The quantitative estimate of drug-likeness (QED) is 0.675. The Morgan fingerprint density at radius 3 is 2.62 bits per heavy atom. The molecule has 0 saturated heterocycles. The summed E-state index contributed by atoms with van der Waals surface area (Å²) in [4.78, 5) is 27.9. The maximum atomic E-state index is 12.0. The largest absolute Gasteiger partial charge is 0.336 e. The molecule has 0 saturated carbocycles. The van der Waals surface area contributed by atoms with Gasteiger partial charge in [0.25, 0.3) is 5.56 Å². The lowest BCUT2D eigenvalue weighted by atomic mass is 10.5. The lowest BCUT2D eigenvalue weighted by Crippen LogP contribution is -2.36. The fourth-order valence-corrected chi connectivity index (χ4v) is 1.64. The number of fused-ring (bicyclic) bond motifs is 1. The van der Waals surface area contributed by atoms with Crippen molar-refractivity contribution in [1.82, 2.24) is 18.7 Å². The molecule has 0 N–H and O–H groups in total. The molecular weight excluding hydrogens is 208 g/mol. The molecule has 6 nitrogen and oxygen atoms in total. The molecule has 0 bridgehead atoms. The third-order valence-electron chi connectivity index (χ3n) is 2.45. The van der Waals surface area contributed by atoms with Crippen molar-refractivity contribution >= 4 is 17.4 Å². The van der Waals surface area contributed by atoms with Crippen molar-refractivity contribution in [2.45, 2.75) is 6.92 Å². The molecule has 0 aliphatic rings. The molecule has 2 aromatic rings. The molecule has 0 aliphatic heterocycles. The van der Waals surface area contributed by atoms with E-state index in [-0.39, 0.29) is 5.56 Å². The minimum Gasteiger partial charge on any atom is -0.328 e. The van der Waals surface area contributed by atoms with Crippen molar-refractivity contribution in [1.29, 1.82) is 0 Å². The van der Waals surface area contributed by atoms with Gasteiger partial charge in [-0.05, 0) is 6.92 Å². The predicted octanol–water partition coefficient (Wildman–Crippen LogP) is -0.0757. The van der Waals surface area contributed by atoms with E-state index >= 15 is 0 Å². The summed E-state index contributed by atoms with van der Waals surface area (Å²) >= 11 is 0. The molecule has 0 amide bonds. The van der Waals surface area contributed by atoms with Crippen LogP contribution in [0.15, 0.2) is 22.0 Å². The van der Waals surface area contributed by atoms with E-state index in [1.165, 1.54) is 17.1 Å². The van der Waals surface area contributed by atoms with Crippen molar-refractivity contribution in [2.24, 2.45) is 14.1 Å². The van der Waals surface area contributed by atoms with E-state index in [4.69, 9.17) is 0 Å². The van der Waals surface area contributed by atoms with Gasteiger partial charge in [-0.25, -0.2) is 14.3 Å². The molecule has 2 aromatic heterocycles. The van der Waals surface area contributed by atoms with E-state index in [0.717, 1.165) is 4.57 Å². The van der Waals surface area contributed by atoms with Crippen molar-refractivity contribution in [3.8, 4) is 0 Å². The van der Waals surface area contributed by atoms with Crippen LogP contribution in [0.1, 0.15) is 6.92 Å². The maximum absolute atomic E-state index is 12.0. The Kier molecular flexibility index (Phi) is 2.26. The van der Waals surface area contributed by atoms with Crippen molar-refractivity contribution < 1.29 is 0 Å². The van der Waals surface area contributed by atoms with Gasteiger partial charge in [-0.15, -0.1) is 0 Å². The Morgan fingerprint density at radius 2 is 2.00 bits per heavy atom. The van der Waals surface area contributed by atoms with E-state index in [9.17, 15) is 9.59 Å². The van der Waals surface area contributed by atoms with Crippen molar-refractivity contribution in [3.05, 3.63) is 33.2 Å². The minimum absolute atomic E-state index is 0.351. The SMILES string of the molecule is C/C=C/n1c(=O)c2c(ncn2C)n(C)c1=O. The molecule has 0 aliphatic carbocycles. The van der Waals surface area contributed by atoms with Crippen LogP contribution >= 0.6 is 0 Å². The third-order valence-corrected chi connectivity index (χ3v) is 2.45. The van der Waals surface area contributed by atoms with Crippen LogP contribution in [0.5, 0.6) is 0 Å². The van der Waals surface area contributed by atoms with Crippen LogP contribution in [0, 0.1) is 0 Å². The van der Waals surface area contributed by atoms with E-state index in [1.807, 2.05) is 0 Å². The summed E-state index contributed by atoms with van der Waals surface area (Å²) in [6.45, 7) is 1.75. The first-order valence-corrected chi connectivity index (χ1v) is 4.83. The lowest BCUT2D eigenvalue weighted by molar-refractivity contribution is 0.782. The number of aryl methyl sites for hydroxylation is 2. The molecule has 0 aromatic carbocycles. The van der Waals surface area contributed by atoms with Crippen LogP contribution in [0.4, 0.5) is 0 Å². The summed E-state index contributed by atoms with van der Waals surface area (Å²) in [5.74, 6) is 0. The van der Waals surface area contributed by atoms with Gasteiger partial charge in [0.05, 0.1) is 6.33 Å². The van der Waals surface area contributed by atoms with Gasteiger partial charge in [0.15, 0.2) is 11.2 Å². The predicted molar refractivity (Wildman–Crippen MR) is 61.2 cm³/mol. The molecule has 0 atom stereocenters. The summed E-state index contributed by atoms with van der Waals surface area (Å²) in [5.41, 5.74) is 0.0731. The third kappa shape index (κ3) is 1.23. The standard InChI is InChI=1S/C10H12N4O2/c1-4-5-14-9(15)7-8(11-6-12(7)2)13(3)10(14)16/h4-6H,1-3H3/b5-4+. The van der Waals surface area contributed by atoms with Gasteiger partial charge in [0.1, 0.15) is 0 Å². The van der Waals surface area contributed by atoms with Crippen LogP contribution in [-0.2, 0) is 14.1 Å². The highest BCUT2D eigenvalue weighted by Crippen LogP contribution is 2.02. The highest BCUT2D eigenvalue weighted by Gasteiger charge is 2.12. The number of nitrogens with zero attached hydrogens (tertiary/aromatic N) is 4. The fraction of sp³-hybridized carbons (Fsp3) is 0.300. The molecule has 0 radical (unpaired) electrons. The first kappa shape index (κ1) is 10.4. The van der Waals surface area contributed by atoms with Gasteiger partial charge >= 0.3 is 5.69 Å². The van der Waals surface area contributed by atoms with Crippen LogP contribution in [-0.4, -0.2) is 18.7 Å². The van der Waals surface area contributed by atoms with Gasteiger partial charge in [-0.3, -0.25) is 9.36 Å². The molecule has 6 heteroatoms. The molecule has 0 unspecified atom stereocenters. The van der Waals surface area contributed by atoms with Crippen LogP contribution in [0.3, 0.4) is 0 Å². The van der Waals surface area contributed by atoms with Gasteiger partial charge in [-0.1, -0.05) is 6.08 Å². The Bertz CT molecular complexity index is 687. The Morgan fingerprint density at radius 1 is 1.31 bits per heavy atom. The number of rotatable bonds is 1. The average Bonchev–Trinajstić information content (AvgIpc) is 2.64. The summed E-state index contributed by atoms with van der Waals surface area (Å²) in [5, 5.41) is 0. The topological polar surface area (TPSA) is 61.8 Å². The smallest absolute Gasteiger partial charge is 0.328 e. The molecule has 0 spiro atoms. The van der Waals surface area contributed by atoms with Gasteiger partial charge < -0.3 is 4.57 Å². The highest BCUT2D eigenvalue weighted by atomic mass is 16.2. The van der Waals surface area contributed by atoms with Crippen molar-refractivity contribution in [3.63, 3.8) is 0 Å². The Labute approximate surface area is 91.1 Å². The second-order valence-electron chi connectivity index (χ2n) is 3.53. The van der Waals surface area contributed by atoms with Crippen LogP contribution < -0.4 is 11.2 Å². The fourth-order valence-electron chi connectivity index (χ4n) is 1.64. The first-order chi connectivity index (χ1) is 7.57. The average molecular weight is 220 g/mol. The lowest BCUT2D eigenvalue weighted by Gasteiger charge is -2.03. The van der Waals surface area contributed by atoms with E-state index < -0.39 is 5.69 Å². The molecule has 2 rings (SSSR count). The number of allylic oxidation sites excluding steroid dienone is 1. The molecule has 16 heavy (non-hydrogen) atoms. The number of hydrogen-bond donors (Lipinski definition) is 0. The number of hydrogen-bond acceptors (Lipinski definition) is 3. The molecule has 0 fully saturated rings. The monoisotopic (exact) mass is 220 g/mol. The summed E-state index contributed by atoms with van der Waals surface area (Å²) in [6.07, 6.45) is 4.62. The number of imidazole rings is 1.